The summed E-state index contributed by atoms with van der Waals surface area (Å²) in [6.07, 6.45) is 6.88. The molecule has 0 bridgehead atoms. The van der Waals surface area contributed by atoms with Gasteiger partial charge in [0.2, 0.25) is 0 Å². The molecule has 38 heavy (non-hydrogen) atoms. The van der Waals surface area contributed by atoms with E-state index < -0.39 is 12.1 Å². The molecular formula is C32H32N2O4. The molecule has 2 aromatic heterocycles. The fourth-order valence-electron chi connectivity index (χ4n) is 4.09. The summed E-state index contributed by atoms with van der Waals surface area (Å²) in [6.45, 7) is 8.66. The fraction of sp³-hybridized carbons (Fsp3) is 0.219. The third-order valence-corrected chi connectivity index (χ3v) is 6.24. The number of pyridine rings is 2. The Bertz CT molecular complexity index is 1430. The first kappa shape index (κ1) is 26.8. The highest BCUT2D eigenvalue weighted by Crippen LogP contribution is 2.33. The Balaban J connectivity index is 1.71. The molecule has 0 radical (unpaired) electrons. The normalized spacial score (nSPS) is 12.4. The fourth-order valence-corrected chi connectivity index (χ4v) is 4.09. The molecule has 1 atom stereocenters. The van der Waals surface area contributed by atoms with Crippen molar-refractivity contribution in [3.8, 4) is 5.75 Å². The summed E-state index contributed by atoms with van der Waals surface area (Å²) in [6, 6.07) is 20.8. The number of nitrogens with zero attached hydrogens (tertiary/aromatic N) is 2. The van der Waals surface area contributed by atoms with Gasteiger partial charge in [0.05, 0.1) is 17.7 Å². The van der Waals surface area contributed by atoms with Gasteiger partial charge in [-0.25, -0.2) is 4.79 Å². The predicted octanol–water partition coefficient (Wildman–Crippen LogP) is 6.58. The van der Waals surface area contributed by atoms with E-state index in [1.807, 2.05) is 54.7 Å². The minimum absolute atomic E-state index is 0.0894. The molecule has 0 saturated heterocycles. The van der Waals surface area contributed by atoms with E-state index in [4.69, 9.17) is 14.6 Å². The summed E-state index contributed by atoms with van der Waals surface area (Å²) < 4.78 is 11.6. The Labute approximate surface area is 223 Å². The Morgan fingerprint density at radius 1 is 1.03 bits per heavy atom. The molecule has 4 rings (SSSR count). The van der Waals surface area contributed by atoms with E-state index >= 15 is 0 Å². The number of para-hydroxylation sites is 1. The van der Waals surface area contributed by atoms with Crippen LogP contribution < -0.4 is 4.74 Å². The van der Waals surface area contributed by atoms with Crippen LogP contribution in [0.4, 0.5) is 0 Å². The number of allylic oxidation sites excluding steroid dienone is 2. The van der Waals surface area contributed by atoms with Gasteiger partial charge in [-0.05, 0) is 59.0 Å². The summed E-state index contributed by atoms with van der Waals surface area (Å²) in [5.41, 5.74) is 5.03. The van der Waals surface area contributed by atoms with Gasteiger partial charge in [0.15, 0.2) is 0 Å². The smallest absolute Gasteiger partial charge is 0.338 e. The minimum atomic E-state index is -0.586. The quantitative estimate of drug-likeness (QED) is 0.182. The Morgan fingerprint density at radius 2 is 1.82 bits per heavy atom. The summed E-state index contributed by atoms with van der Waals surface area (Å²) in [7, 11) is 0. The maximum absolute atomic E-state index is 13.0. The lowest BCUT2D eigenvalue weighted by atomic mass is 9.90. The van der Waals surface area contributed by atoms with Gasteiger partial charge in [-0.3, -0.25) is 9.97 Å². The summed E-state index contributed by atoms with van der Waals surface area (Å²) in [5, 5.41) is 10.2. The molecule has 1 N–H and O–H groups in total. The zero-order valence-electron chi connectivity index (χ0n) is 21.7. The highest BCUT2D eigenvalue weighted by molar-refractivity contribution is 5.89. The molecule has 0 unspecified atom stereocenters. The van der Waals surface area contributed by atoms with Gasteiger partial charge in [0.25, 0.3) is 0 Å². The average Bonchev–Trinajstić information content (AvgIpc) is 2.95. The number of rotatable bonds is 11. The number of aliphatic hydroxyl groups is 1. The lowest BCUT2D eigenvalue weighted by Gasteiger charge is -2.20. The Morgan fingerprint density at radius 3 is 2.58 bits per heavy atom. The van der Waals surface area contributed by atoms with Gasteiger partial charge in [0.1, 0.15) is 18.5 Å². The van der Waals surface area contributed by atoms with Crippen LogP contribution >= 0.6 is 0 Å². The lowest BCUT2D eigenvalue weighted by molar-refractivity contribution is 0.0302. The Hall–Kier alpha value is -4.29. The molecule has 0 aliphatic carbocycles. The topological polar surface area (TPSA) is 81.5 Å². The molecule has 0 aliphatic heterocycles. The van der Waals surface area contributed by atoms with Crippen molar-refractivity contribution in [2.75, 3.05) is 13.2 Å². The summed E-state index contributed by atoms with van der Waals surface area (Å²) >= 11 is 0. The van der Waals surface area contributed by atoms with E-state index in [2.05, 4.69) is 42.5 Å². The maximum atomic E-state index is 13.0. The highest BCUT2D eigenvalue weighted by atomic mass is 16.5. The summed E-state index contributed by atoms with van der Waals surface area (Å²) in [5.74, 6) is 0.362. The number of hydrogen-bond acceptors (Lipinski definition) is 6. The lowest BCUT2D eigenvalue weighted by Crippen LogP contribution is -2.12. The third kappa shape index (κ3) is 6.72. The molecule has 0 amide bonds. The SMILES string of the molecule is C=C(/C(=C/C[C@@H](OC(=O)c1ccncc1)c1cccc(OCCO)c1)c1cnc2ccccc2c1)C(C)C. The number of fused-ring (bicyclic) bond motifs is 1. The van der Waals surface area contributed by atoms with Crippen molar-refractivity contribution in [3.63, 3.8) is 0 Å². The standard InChI is InChI=1S/C32H32N2O4/c1-22(2)23(3)29(27-19-25-7-4-5-10-30(25)34-21-27)11-12-31(38-32(36)24-13-15-33-16-14-24)26-8-6-9-28(20-26)37-18-17-35/h4-11,13-16,19-22,31,35H,3,12,17-18H2,1-2H3/b29-11-/t31-/m1/s1. The van der Waals surface area contributed by atoms with Crippen molar-refractivity contribution in [3.05, 3.63) is 120 Å². The molecule has 2 aromatic carbocycles. The molecular weight excluding hydrogens is 476 g/mol. The van der Waals surface area contributed by atoms with E-state index in [1.165, 1.54) is 0 Å². The number of aliphatic hydroxyl groups excluding tert-OH is 1. The van der Waals surface area contributed by atoms with Crippen LogP contribution in [-0.2, 0) is 4.74 Å². The second-order valence-electron chi connectivity index (χ2n) is 9.22. The van der Waals surface area contributed by atoms with Crippen molar-refractivity contribution < 1.29 is 19.4 Å². The van der Waals surface area contributed by atoms with Crippen LogP contribution in [-0.4, -0.2) is 34.3 Å². The van der Waals surface area contributed by atoms with Crippen LogP contribution in [0.1, 0.15) is 47.9 Å². The number of carbonyl (C=O) groups excluding carboxylic acids is 1. The first-order chi connectivity index (χ1) is 18.5. The number of carbonyl (C=O) groups is 1. The van der Waals surface area contributed by atoms with Gasteiger partial charge < -0.3 is 14.6 Å². The van der Waals surface area contributed by atoms with Gasteiger partial charge in [-0.2, -0.15) is 0 Å². The first-order valence-electron chi connectivity index (χ1n) is 12.7. The van der Waals surface area contributed by atoms with Crippen molar-refractivity contribution in [2.45, 2.75) is 26.4 Å². The van der Waals surface area contributed by atoms with Crippen molar-refractivity contribution in [2.24, 2.45) is 5.92 Å². The number of benzene rings is 2. The predicted molar refractivity (Wildman–Crippen MR) is 150 cm³/mol. The largest absolute Gasteiger partial charge is 0.491 e. The first-order valence-corrected chi connectivity index (χ1v) is 12.7. The van der Waals surface area contributed by atoms with Crippen LogP contribution in [0.2, 0.25) is 0 Å². The average molecular weight is 509 g/mol. The van der Waals surface area contributed by atoms with Crippen LogP contribution in [0.25, 0.3) is 16.5 Å². The number of aromatic nitrogens is 2. The maximum Gasteiger partial charge on any atom is 0.338 e. The van der Waals surface area contributed by atoms with Gasteiger partial charge in [-0.1, -0.05) is 56.8 Å². The van der Waals surface area contributed by atoms with Crippen LogP contribution in [0.15, 0.2) is 104 Å². The van der Waals surface area contributed by atoms with Crippen LogP contribution in [0, 0.1) is 5.92 Å². The summed E-state index contributed by atoms with van der Waals surface area (Å²) in [4.78, 5) is 21.7. The molecule has 0 aliphatic rings. The van der Waals surface area contributed by atoms with Gasteiger partial charge >= 0.3 is 5.97 Å². The van der Waals surface area contributed by atoms with Crippen LogP contribution in [0.5, 0.6) is 5.75 Å². The molecule has 2 heterocycles. The van der Waals surface area contributed by atoms with E-state index in [9.17, 15) is 4.79 Å². The molecule has 6 heteroatoms. The number of ether oxygens (including phenoxy) is 2. The van der Waals surface area contributed by atoms with Gasteiger partial charge in [-0.15, -0.1) is 0 Å². The molecule has 194 valence electrons. The minimum Gasteiger partial charge on any atom is -0.491 e. The number of esters is 1. The zero-order chi connectivity index (χ0) is 26.9. The molecule has 6 nitrogen and oxygen atoms in total. The van der Waals surface area contributed by atoms with E-state index in [1.54, 1.807) is 24.5 Å². The third-order valence-electron chi connectivity index (χ3n) is 6.24. The molecule has 4 aromatic rings. The monoisotopic (exact) mass is 508 g/mol. The Kier molecular flexibility index (Phi) is 9.01. The molecule has 0 spiro atoms. The van der Waals surface area contributed by atoms with E-state index in [0.29, 0.717) is 17.7 Å². The van der Waals surface area contributed by atoms with Gasteiger partial charge in [0, 0.05) is 36.0 Å². The van der Waals surface area contributed by atoms with E-state index in [-0.39, 0.29) is 19.1 Å². The second-order valence-corrected chi connectivity index (χ2v) is 9.22. The van der Waals surface area contributed by atoms with Crippen molar-refractivity contribution in [1.29, 1.82) is 0 Å². The zero-order valence-corrected chi connectivity index (χ0v) is 21.7. The van der Waals surface area contributed by atoms with Crippen molar-refractivity contribution in [1.82, 2.24) is 9.97 Å². The van der Waals surface area contributed by atoms with Crippen LogP contribution in [0.3, 0.4) is 0 Å². The van der Waals surface area contributed by atoms with E-state index in [0.717, 1.165) is 33.2 Å². The second kappa shape index (κ2) is 12.8. The number of hydrogen-bond donors (Lipinski definition) is 1. The van der Waals surface area contributed by atoms with Crippen molar-refractivity contribution >= 4 is 22.4 Å². The molecule has 0 fully saturated rings. The molecule has 0 saturated carbocycles. The highest BCUT2D eigenvalue weighted by Gasteiger charge is 2.20.